The lowest BCUT2D eigenvalue weighted by Gasteiger charge is -2.37. The monoisotopic (exact) mass is 474 g/mol. The van der Waals surface area contributed by atoms with Gasteiger partial charge in [-0.25, -0.2) is 0 Å². The molecule has 10 heteroatoms. The van der Waals surface area contributed by atoms with Crippen molar-refractivity contribution in [2.24, 2.45) is 0 Å². The number of nitrogens with zero attached hydrogens (tertiary/aromatic N) is 2. The molecule has 178 valence electrons. The lowest BCUT2D eigenvalue weighted by Crippen LogP contribution is -2.55. The second-order valence-corrected chi connectivity index (χ2v) is 8.58. The summed E-state index contributed by atoms with van der Waals surface area (Å²) in [5.74, 6) is -1.58. The van der Waals surface area contributed by atoms with Gasteiger partial charge in [0.05, 0.1) is 0 Å². The molecule has 1 saturated heterocycles. The molecule has 1 aliphatic heterocycles. The Kier molecular flexibility index (Phi) is 9.23. The van der Waals surface area contributed by atoms with Gasteiger partial charge in [-0.3, -0.25) is 14.4 Å². The van der Waals surface area contributed by atoms with Crippen LogP contribution >= 0.6 is 11.3 Å². The van der Waals surface area contributed by atoms with E-state index in [1.54, 1.807) is 11.4 Å². The van der Waals surface area contributed by atoms with Crippen molar-refractivity contribution in [2.75, 3.05) is 44.2 Å². The summed E-state index contributed by atoms with van der Waals surface area (Å²) in [5, 5.41) is 29.3. The number of piperazine rings is 1. The molecule has 1 aliphatic rings. The van der Waals surface area contributed by atoms with Crippen molar-refractivity contribution < 1.29 is 24.6 Å². The maximum absolute atomic E-state index is 12.5. The Hall–Kier alpha value is -2.95. The molecule has 1 aromatic carbocycles. The summed E-state index contributed by atoms with van der Waals surface area (Å²) >= 11 is 1.45. The van der Waals surface area contributed by atoms with Crippen LogP contribution in [-0.4, -0.2) is 84.3 Å². The second kappa shape index (κ2) is 12.3. The SMILES string of the molecule is O=C(NCCCCNC(=O)[C@H](O)[C@@H](O)C(=O)N1CCN(c2ccccc2)CC1)c1ccsc1. The lowest BCUT2D eigenvalue weighted by molar-refractivity contribution is -0.153. The molecule has 3 amide bonds. The first-order valence-corrected chi connectivity index (χ1v) is 11.9. The van der Waals surface area contributed by atoms with E-state index in [-0.39, 0.29) is 12.5 Å². The van der Waals surface area contributed by atoms with Crippen LogP contribution in [0, 0.1) is 0 Å². The van der Waals surface area contributed by atoms with Crippen LogP contribution in [0.5, 0.6) is 0 Å². The fourth-order valence-electron chi connectivity index (χ4n) is 3.55. The van der Waals surface area contributed by atoms with Gasteiger partial charge < -0.3 is 30.6 Å². The van der Waals surface area contributed by atoms with Crippen molar-refractivity contribution in [3.05, 3.63) is 52.7 Å². The fraction of sp³-hybridized carbons (Fsp3) is 0.435. The van der Waals surface area contributed by atoms with Crippen molar-refractivity contribution in [1.82, 2.24) is 15.5 Å². The zero-order chi connectivity index (χ0) is 23.6. The largest absolute Gasteiger partial charge is 0.380 e. The number of amides is 3. The van der Waals surface area contributed by atoms with Crippen molar-refractivity contribution >= 4 is 34.7 Å². The number of anilines is 1. The first-order valence-electron chi connectivity index (χ1n) is 11.0. The van der Waals surface area contributed by atoms with Crippen molar-refractivity contribution in [1.29, 1.82) is 0 Å². The molecule has 1 fully saturated rings. The van der Waals surface area contributed by atoms with Crippen LogP contribution < -0.4 is 15.5 Å². The summed E-state index contributed by atoms with van der Waals surface area (Å²) in [5.41, 5.74) is 1.69. The molecule has 0 unspecified atom stereocenters. The third-order valence-electron chi connectivity index (χ3n) is 5.51. The number of para-hydroxylation sites is 1. The number of carbonyl (C=O) groups is 3. The van der Waals surface area contributed by atoms with E-state index in [0.29, 0.717) is 51.1 Å². The fourth-order valence-corrected chi connectivity index (χ4v) is 4.19. The van der Waals surface area contributed by atoms with Gasteiger partial charge in [-0.2, -0.15) is 11.3 Å². The van der Waals surface area contributed by atoms with E-state index < -0.39 is 24.0 Å². The minimum absolute atomic E-state index is 0.137. The Morgan fingerprint density at radius 3 is 2.21 bits per heavy atom. The number of aliphatic hydroxyl groups is 2. The number of nitrogens with one attached hydrogen (secondary N) is 2. The average Bonchev–Trinajstić information content (AvgIpc) is 3.40. The van der Waals surface area contributed by atoms with Gasteiger partial charge in [-0.05, 0) is 36.4 Å². The van der Waals surface area contributed by atoms with E-state index in [4.69, 9.17) is 0 Å². The number of hydrogen-bond donors (Lipinski definition) is 4. The Morgan fingerprint density at radius 2 is 1.58 bits per heavy atom. The number of carbonyl (C=O) groups excluding carboxylic acids is 3. The van der Waals surface area contributed by atoms with E-state index in [0.717, 1.165) is 5.69 Å². The van der Waals surface area contributed by atoms with Crippen molar-refractivity contribution in [2.45, 2.75) is 25.0 Å². The van der Waals surface area contributed by atoms with Crippen LogP contribution in [0.2, 0.25) is 0 Å². The highest BCUT2D eigenvalue weighted by Gasteiger charge is 2.34. The summed E-state index contributed by atoms with van der Waals surface area (Å²) in [7, 11) is 0. The minimum Gasteiger partial charge on any atom is -0.380 e. The molecule has 4 N–H and O–H groups in total. The molecular weight excluding hydrogens is 444 g/mol. The van der Waals surface area contributed by atoms with Gasteiger partial charge in [0.1, 0.15) is 0 Å². The van der Waals surface area contributed by atoms with E-state index in [9.17, 15) is 24.6 Å². The molecule has 9 nitrogen and oxygen atoms in total. The Balaban J connectivity index is 1.32. The van der Waals surface area contributed by atoms with Crippen LogP contribution in [0.25, 0.3) is 0 Å². The van der Waals surface area contributed by atoms with E-state index in [2.05, 4.69) is 15.5 Å². The van der Waals surface area contributed by atoms with Crippen LogP contribution in [-0.2, 0) is 9.59 Å². The maximum Gasteiger partial charge on any atom is 0.254 e. The molecule has 33 heavy (non-hydrogen) atoms. The summed E-state index contributed by atoms with van der Waals surface area (Å²) in [6, 6.07) is 11.6. The topological polar surface area (TPSA) is 122 Å². The second-order valence-electron chi connectivity index (χ2n) is 7.80. The minimum atomic E-state index is -1.83. The van der Waals surface area contributed by atoms with Crippen LogP contribution in [0.15, 0.2) is 47.2 Å². The lowest BCUT2D eigenvalue weighted by atomic mass is 10.1. The van der Waals surface area contributed by atoms with Crippen LogP contribution in [0.4, 0.5) is 5.69 Å². The number of thiophene rings is 1. The summed E-state index contributed by atoms with van der Waals surface area (Å²) < 4.78 is 0. The van der Waals surface area contributed by atoms with Gasteiger partial charge in [-0.15, -0.1) is 0 Å². The zero-order valence-electron chi connectivity index (χ0n) is 18.4. The molecule has 0 saturated carbocycles. The van der Waals surface area contributed by atoms with E-state index in [1.165, 1.54) is 16.2 Å². The molecule has 2 aromatic rings. The third-order valence-corrected chi connectivity index (χ3v) is 6.19. The first kappa shape index (κ1) is 24.7. The number of aliphatic hydroxyl groups excluding tert-OH is 2. The van der Waals surface area contributed by atoms with E-state index >= 15 is 0 Å². The third kappa shape index (κ3) is 7.01. The Bertz CT molecular complexity index is 901. The van der Waals surface area contributed by atoms with Crippen LogP contribution in [0.1, 0.15) is 23.2 Å². The molecular formula is C23H30N4O5S. The quantitative estimate of drug-likeness (QED) is 0.371. The Morgan fingerprint density at radius 1 is 0.909 bits per heavy atom. The predicted molar refractivity (Wildman–Crippen MR) is 126 cm³/mol. The average molecular weight is 475 g/mol. The van der Waals surface area contributed by atoms with Gasteiger partial charge in [0.2, 0.25) is 0 Å². The standard InChI is InChI=1S/C23H30N4O5S/c28-19(22(31)25-10-5-4-9-24-21(30)17-8-15-33-16-17)20(29)23(32)27-13-11-26(12-14-27)18-6-2-1-3-7-18/h1-3,6-8,15-16,19-20,28-29H,4-5,9-14H2,(H,24,30)(H,25,31)/t19-,20-/m1/s1. The normalized spacial score (nSPS) is 15.6. The van der Waals surface area contributed by atoms with Gasteiger partial charge >= 0.3 is 0 Å². The predicted octanol–water partition coefficient (Wildman–Crippen LogP) is 0.445. The summed E-state index contributed by atoms with van der Waals surface area (Å²) in [6.07, 6.45) is -2.42. The number of hydrogen-bond acceptors (Lipinski definition) is 7. The maximum atomic E-state index is 12.5. The molecule has 0 spiro atoms. The zero-order valence-corrected chi connectivity index (χ0v) is 19.2. The molecule has 3 rings (SSSR count). The Labute approximate surface area is 197 Å². The van der Waals surface area contributed by atoms with E-state index in [1.807, 2.05) is 35.7 Å². The van der Waals surface area contributed by atoms with Gasteiger partial charge in [0.15, 0.2) is 12.2 Å². The first-order chi connectivity index (χ1) is 16.0. The van der Waals surface area contributed by atoms with Gasteiger partial charge in [0.25, 0.3) is 17.7 Å². The molecule has 0 bridgehead atoms. The van der Waals surface area contributed by atoms with Crippen LogP contribution in [0.3, 0.4) is 0 Å². The number of benzene rings is 1. The van der Waals surface area contributed by atoms with Gasteiger partial charge in [0, 0.05) is 55.9 Å². The van der Waals surface area contributed by atoms with Gasteiger partial charge in [-0.1, -0.05) is 18.2 Å². The van der Waals surface area contributed by atoms with Crippen molar-refractivity contribution in [3.63, 3.8) is 0 Å². The highest BCUT2D eigenvalue weighted by atomic mass is 32.1. The number of rotatable bonds is 10. The summed E-state index contributed by atoms with van der Waals surface area (Å²) in [4.78, 5) is 40.1. The molecule has 1 aromatic heterocycles. The highest BCUT2D eigenvalue weighted by molar-refractivity contribution is 7.08. The van der Waals surface area contributed by atoms with Crippen molar-refractivity contribution in [3.8, 4) is 0 Å². The number of unbranched alkanes of at least 4 members (excludes halogenated alkanes) is 1. The molecule has 0 radical (unpaired) electrons. The molecule has 0 aliphatic carbocycles. The highest BCUT2D eigenvalue weighted by Crippen LogP contribution is 2.16. The smallest absolute Gasteiger partial charge is 0.254 e. The summed E-state index contributed by atoms with van der Waals surface area (Å²) in [6.45, 7) is 2.73. The molecule has 2 atom stereocenters. The molecule has 2 heterocycles.